The van der Waals surface area contributed by atoms with Crippen LogP contribution in [-0.2, 0) is 3.79 Å². The van der Waals surface area contributed by atoms with Crippen molar-refractivity contribution in [3.8, 4) is 5.75 Å². The predicted octanol–water partition coefficient (Wildman–Crippen LogP) is 4.69. The molecule has 104 valence electrons. The molecule has 0 aliphatic rings. The molecule has 3 nitrogen and oxygen atoms in total. The van der Waals surface area contributed by atoms with E-state index in [1.54, 1.807) is 0 Å². The number of aromatic amines is 1. The molecule has 2 aromatic rings. The Balaban J connectivity index is 2.38. The van der Waals surface area contributed by atoms with Crippen LogP contribution in [0.1, 0.15) is 5.82 Å². The molecule has 0 saturated heterocycles. The SMILES string of the molecule is FC(F)COc1cc2nc(C(Cl)(Cl)Cl)[nH]c2cc1Cl. The molecular formula is C10H6Cl4F2N2O. The zero-order valence-electron chi connectivity index (χ0n) is 9.06. The number of benzene rings is 1. The maximum atomic E-state index is 12.1. The summed E-state index contributed by atoms with van der Waals surface area (Å²) in [5.74, 6) is 0.200. The summed E-state index contributed by atoms with van der Waals surface area (Å²) < 4.78 is 27.3. The number of nitrogens with zero attached hydrogens (tertiary/aromatic N) is 1. The highest BCUT2D eigenvalue weighted by Gasteiger charge is 2.27. The Kier molecular flexibility index (Phi) is 4.30. The van der Waals surface area contributed by atoms with Gasteiger partial charge in [0.1, 0.15) is 12.4 Å². The van der Waals surface area contributed by atoms with Crippen LogP contribution in [0.25, 0.3) is 11.0 Å². The molecule has 0 spiro atoms. The van der Waals surface area contributed by atoms with E-state index in [9.17, 15) is 8.78 Å². The fourth-order valence-corrected chi connectivity index (χ4v) is 1.90. The van der Waals surface area contributed by atoms with Crippen LogP contribution < -0.4 is 4.74 Å². The van der Waals surface area contributed by atoms with E-state index >= 15 is 0 Å². The second kappa shape index (κ2) is 5.48. The maximum Gasteiger partial charge on any atom is 0.272 e. The summed E-state index contributed by atoms with van der Waals surface area (Å²) in [4.78, 5) is 6.81. The van der Waals surface area contributed by atoms with Crippen molar-refractivity contribution in [3.63, 3.8) is 0 Å². The number of imidazole rings is 1. The number of nitrogens with one attached hydrogen (secondary N) is 1. The van der Waals surface area contributed by atoms with Crippen LogP contribution in [0.2, 0.25) is 5.02 Å². The Morgan fingerprint density at radius 3 is 2.58 bits per heavy atom. The first kappa shape index (κ1) is 14.9. The van der Waals surface area contributed by atoms with Gasteiger partial charge in [-0.3, -0.25) is 0 Å². The number of hydrogen-bond acceptors (Lipinski definition) is 2. The summed E-state index contributed by atoms with van der Waals surface area (Å²) in [6.45, 7) is -0.757. The highest BCUT2D eigenvalue weighted by atomic mass is 35.6. The van der Waals surface area contributed by atoms with Crippen LogP contribution in [-0.4, -0.2) is 23.0 Å². The summed E-state index contributed by atoms with van der Waals surface area (Å²) in [5, 5.41) is 0.160. The summed E-state index contributed by atoms with van der Waals surface area (Å²) in [6, 6.07) is 2.86. The molecule has 1 heterocycles. The first-order valence-electron chi connectivity index (χ1n) is 4.95. The average Bonchev–Trinajstić information content (AvgIpc) is 2.68. The molecule has 19 heavy (non-hydrogen) atoms. The maximum absolute atomic E-state index is 12.1. The molecule has 1 aromatic heterocycles. The second-order valence-electron chi connectivity index (χ2n) is 3.59. The van der Waals surface area contributed by atoms with Crippen molar-refractivity contribution in [2.24, 2.45) is 0 Å². The predicted molar refractivity (Wildman–Crippen MR) is 71.8 cm³/mol. The fraction of sp³-hybridized carbons (Fsp3) is 0.300. The molecule has 1 N–H and O–H groups in total. The quantitative estimate of drug-likeness (QED) is 0.816. The summed E-state index contributed by atoms with van der Waals surface area (Å²) >= 11 is 23.0. The summed E-state index contributed by atoms with van der Waals surface area (Å²) in [5.41, 5.74) is 0.908. The Morgan fingerprint density at radius 2 is 2.00 bits per heavy atom. The minimum Gasteiger partial charge on any atom is -0.486 e. The summed E-state index contributed by atoms with van der Waals surface area (Å²) in [7, 11) is 0. The van der Waals surface area contributed by atoms with Crippen LogP contribution in [0.5, 0.6) is 5.75 Å². The van der Waals surface area contributed by atoms with Gasteiger partial charge in [0, 0.05) is 6.07 Å². The highest BCUT2D eigenvalue weighted by molar-refractivity contribution is 6.66. The first-order valence-corrected chi connectivity index (χ1v) is 6.46. The summed E-state index contributed by atoms with van der Waals surface area (Å²) in [6.07, 6.45) is -2.59. The van der Waals surface area contributed by atoms with Crippen molar-refractivity contribution in [2.45, 2.75) is 10.2 Å². The van der Waals surface area contributed by atoms with Crippen LogP contribution in [0.4, 0.5) is 8.78 Å². The lowest BCUT2D eigenvalue weighted by Crippen LogP contribution is -2.07. The van der Waals surface area contributed by atoms with Crippen molar-refractivity contribution in [1.29, 1.82) is 0 Å². The van der Waals surface area contributed by atoms with E-state index in [1.807, 2.05) is 0 Å². The third-order valence-electron chi connectivity index (χ3n) is 2.17. The van der Waals surface area contributed by atoms with E-state index in [1.165, 1.54) is 12.1 Å². The van der Waals surface area contributed by atoms with Crippen molar-refractivity contribution < 1.29 is 13.5 Å². The van der Waals surface area contributed by atoms with Crippen LogP contribution in [0.15, 0.2) is 12.1 Å². The van der Waals surface area contributed by atoms with E-state index in [2.05, 4.69) is 9.97 Å². The first-order chi connectivity index (χ1) is 8.77. The molecule has 0 aliphatic carbocycles. The van der Waals surface area contributed by atoms with Gasteiger partial charge in [-0.15, -0.1) is 0 Å². The molecule has 2 rings (SSSR count). The standard InChI is InChI=1S/C10H6Cl4F2N2O/c11-4-1-5-6(2-7(4)19-3-8(15)16)18-9(17-5)10(12,13)14/h1-2,8H,3H2,(H,17,18). The van der Waals surface area contributed by atoms with E-state index in [0.717, 1.165) is 0 Å². The molecule has 9 heteroatoms. The van der Waals surface area contributed by atoms with Crippen molar-refractivity contribution in [1.82, 2.24) is 9.97 Å². The minimum absolute atomic E-state index is 0.0943. The Bertz CT molecular complexity index is 597. The van der Waals surface area contributed by atoms with Gasteiger partial charge in [0.2, 0.25) is 3.79 Å². The fourth-order valence-electron chi connectivity index (χ4n) is 1.41. The third kappa shape index (κ3) is 3.54. The van der Waals surface area contributed by atoms with E-state index in [0.29, 0.717) is 11.0 Å². The van der Waals surface area contributed by atoms with Crippen molar-refractivity contribution in [2.75, 3.05) is 6.61 Å². The van der Waals surface area contributed by atoms with E-state index < -0.39 is 16.8 Å². The minimum atomic E-state index is -2.59. The number of rotatable bonds is 3. The monoisotopic (exact) mass is 348 g/mol. The highest BCUT2D eigenvalue weighted by Crippen LogP contribution is 2.38. The van der Waals surface area contributed by atoms with Crippen molar-refractivity contribution in [3.05, 3.63) is 23.0 Å². The lowest BCUT2D eigenvalue weighted by atomic mass is 10.3. The lowest BCUT2D eigenvalue weighted by molar-refractivity contribution is 0.0820. The van der Waals surface area contributed by atoms with Crippen LogP contribution in [0, 0.1) is 0 Å². The van der Waals surface area contributed by atoms with Gasteiger partial charge in [-0.2, -0.15) is 0 Å². The van der Waals surface area contributed by atoms with Gasteiger partial charge in [-0.1, -0.05) is 46.4 Å². The van der Waals surface area contributed by atoms with Crippen LogP contribution >= 0.6 is 46.4 Å². The van der Waals surface area contributed by atoms with Gasteiger partial charge in [0.05, 0.1) is 16.1 Å². The second-order valence-corrected chi connectivity index (χ2v) is 6.27. The van der Waals surface area contributed by atoms with Gasteiger partial charge in [-0.05, 0) is 6.07 Å². The average molecular weight is 350 g/mol. The normalized spacial score (nSPS) is 12.4. The number of aromatic nitrogens is 2. The van der Waals surface area contributed by atoms with E-state index in [-0.39, 0.29) is 16.6 Å². The molecule has 0 amide bonds. The van der Waals surface area contributed by atoms with Gasteiger partial charge >= 0.3 is 0 Å². The third-order valence-corrected chi connectivity index (χ3v) is 3.00. The molecule has 0 saturated carbocycles. The number of hydrogen-bond donors (Lipinski definition) is 1. The Hall–Kier alpha value is -0.490. The van der Waals surface area contributed by atoms with Gasteiger partial charge < -0.3 is 9.72 Å². The molecule has 1 aromatic carbocycles. The zero-order valence-corrected chi connectivity index (χ0v) is 12.1. The van der Waals surface area contributed by atoms with Gasteiger partial charge in [0.25, 0.3) is 6.43 Å². The molecule has 0 unspecified atom stereocenters. The molecule has 0 atom stereocenters. The molecule has 0 aliphatic heterocycles. The largest absolute Gasteiger partial charge is 0.486 e. The number of fused-ring (bicyclic) bond motifs is 1. The van der Waals surface area contributed by atoms with Crippen LogP contribution in [0.3, 0.4) is 0 Å². The number of H-pyrrole nitrogens is 1. The number of alkyl halides is 5. The molecular weight excluding hydrogens is 344 g/mol. The Morgan fingerprint density at radius 1 is 1.32 bits per heavy atom. The molecule has 0 bridgehead atoms. The van der Waals surface area contributed by atoms with Crippen molar-refractivity contribution >= 4 is 57.4 Å². The smallest absolute Gasteiger partial charge is 0.272 e. The topological polar surface area (TPSA) is 37.9 Å². The molecule has 0 radical (unpaired) electrons. The molecule has 0 fully saturated rings. The number of ether oxygens (including phenoxy) is 1. The number of halogens is 6. The Labute approximate surface area is 126 Å². The van der Waals surface area contributed by atoms with Gasteiger partial charge in [-0.25, -0.2) is 13.8 Å². The van der Waals surface area contributed by atoms with Gasteiger partial charge in [0.15, 0.2) is 5.82 Å². The lowest BCUT2D eigenvalue weighted by Gasteiger charge is -2.06. The zero-order chi connectivity index (χ0) is 14.2. The van der Waals surface area contributed by atoms with E-state index in [4.69, 9.17) is 51.1 Å².